The minimum Gasteiger partial charge on any atom is -0.334 e. The lowest BCUT2D eigenvalue weighted by Gasteiger charge is -2.33. The third kappa shape index (κ3) is 2.31. The molecule has 3 rings (SSSR count). The molecule has 2 unspecified atom stereocenters. The lowest BCUT2D eigenvalue weighted by atomic mass is 9.76. The van der Waals surface area contributed by atoms with Crippen LogP contribution in [0, 0.1) is 11.7 Å². The molecule has 0 amide bonds. The second kappa shape index (κ2) is 4.94. The van der Waals surface area contributed by atoms with E-state index in [1.165, 1.54) is 18.7 Å². The molecule has 106 valence electrons. The van der Waals surface area contributed by atoms with E-state index in [0.29, 0.717) is 11.7 Å². The normalized spacial score (nSPS) is 26.6. The number of hydrogen-bond donors (Lipinski definition) is 1. The Kier molecular flexibility index (Phi) is 3.25. The number of nitrogens with zero attached hydrogens (tertiary/aromatic N) is 3. The summed E-state index contributed by atoms with van der Waals surface area (Å²) in [5, 5.41) is 3.97. The lowest BCUT2D eigenvalue weighted by Crippen LogP contribution is -2.42. The average molecular weight is 276 g/mol. The van der Waals surface area contributed by atoms with Crippen molar-refractivity contribution in [2.75, 3.05) is 0 Å². The van der Waals surface area contributed by atoms with Gasteiger partial charge >= 0.3 is 0 Å². The van der Waals surface area contributed by atoms with Gasteiger partial charge in [0, 0.05) is 6.20 Å². The first-order valence-corrected chi connectivity index (χ1v) is 6.81. The zero-order valence-corrected chi connectivity index (χ0v) is 11.3. The van der Waals surface area contributed by atoms with Crippen molar-refractivity contribution in [1.82, 2.24) is 15.1 Å². The highest BCUT2D eigenvalue weighted by molar-refractivity contribution is 5.52. The SMILES string of the molecule is CC1CCCC(N)(c2noc(-c3ccncc3F)n2)C1. The van der Waals surface area contributed by atoms with Gasteiger partial charge in [-0.05, 0) is 24.8 Å². The van der Waals surface area contributed by atoms with E-state index in [4.69, 9.17) is 10.3 Å². The standard InChI is InChI=1S/C14H17FN4O/c1-9-3-2-5-14(16,7-9)13-18-12(20-19-13)10-4-6-17-8-11(10)15/h4,6,8-9H,2-3,5,7,16H2,1H3. The number of nitrogens with two attached hydrogens (primary N) is 1. The molecule has 1 saturated carbocycles. The molecule has 0 aliphatic heterocycles. The number of halogens is 1. The Labute approximate surface area is 116 Å². The maximum absolute atomic E-state index is 13.7. The zero-order valence-electron chi connectivity index (χ0n) is 11.3. The Balaban J connectivity index is 1.92. The molecule has 2 N–H and O–H groups in total. The van der Waals surface area contributed by atoms with Gasteiger partial charge in [-0.25, -0.2) is 4.39 Å². The predicted molar refractivity (Wildman–Crippen MR) is 71.0 cm³/mol. The van der Waals surface area contributed by atoms with Gasteiger partial charge < -0.3 is 10.3 Å². The van der Waals surface area contributed by atoms with Crippen LogP contribution in [0.4, 0.5) is 4.39 Å². The molecule has 1 fully saturated rings. The summed E-state index contributed by atoms with van der Waals surface area (Å²) in [6.45, 7) is 2.17. The van der Waals surface area contributed by atoms with Crippen molar-refractivity contribution in [1.29, 1.82) is 0 Å². The van der Waals surface area contributed by atoms with Crippen LogP contribution in [0.3, 0.4) is 0 Å². The second-order valence-electron chi connectivity index (χ2n) is 5.64. The first kappa shape index (κ1) is 13.2. The van der Waals surface area contributed by atoms with E-state index >= 15 is 0 Å². The van der Waals surface area contributed by atoms with Crippen LogP contribution in [-0.2, 0) is 5.54 Å². The molecular weight excluding hydrogens is 259 g/mol. The molecule has 5 nitrogen and oxygen atoms in total. The molecule has 2 aromatic rings. The van der Waals surface area contributed by atoms with Gasteiger partial charge in [0.25, 0.3) is 5.89 Å². The Hall–Kier alpha value is -1.82. The third-order valence-corrected chi connectivity index (χ3v) is 3.91. The molecule has 1 aliphatic rings. The minimum atomic E-state index is -0.567. The minimum absolute atomic E-state index is 0.156. The predicted octanol–water partition coefficient (Wildman–Crippen LogP) is 2.63. The van der Waals surface area contributed by atoms with Crippen LogP contribution in [0.15, 0.2) is 23.0 Å². The van der Waals surface area contributed by atoms with E-state index in [1.54, 1.807) is 0 Å². The monoisotopic (exact) mass is 276 g/mol. The molecule has 20 heavy (non-hydrogen) atoms. The second-order valence-corrected chi connectivity index (χ2v) is 5.64. The van der Waals surface area contributed by atoms with Gasteiger partial charge in [-0.3, -0.25) is 4.98 Å². The van der Waals surface area contributed by atoms with Gasteiger partial charge in [0.05, 0.1) is 17.3 Å². The van der Waals surface area contributed by atoms with Crippen molar-refractivity contribution in [2.45, 2.75) is 38.1 Å². The summed E-state index contributed by atoms with van der Waals surface area (Å²) in [5.74, 6) is 0.678. The molecule has 0 aromatic carbocycles. The fourth-order valence-corrected chi connectivity index (χ4v) is 2.88. The smallest absolute Gasteiger partial charge is 0.261 e. The Morgan fingerprint density at radius 3 is 3.10 bits per heavy atom. The van der Waals surface area contributed by atoms with E-state index in [0.717, 1.165) is 25.5 Å². The van der Waals surface area contributed by atoms with Crippen LogP contribution in [0.2, 0.25) is 0 Å². The summed E-state index contributed by atoms with van der Waals surface area (Å²) < 4.78 is 18.8. The molecule has 2 heterocycles. The number of hydrogen-bond acceptors (Lipinski definition) is 5. The van der Waals surface area contributed by atoms with Gasteiger partial charge in [-0.1, -0.05) is 24.9 Å². The molecule has 2 atom stereocenters. The summed E-state index contributed by atoms with van der Waals surface area (Å²) >= 11 is 0. The van der Waals surface area contributed by atoms with E-state index in [-0.39, 0.29) is 11.5 Å². The average Bonchev–Trinajstić information content (AvgIpc) is 2.89. The lowest BCUT2D eigenvalue weighted by molar-refractivity contribution is 0.222. The van der Waals surface area contributed by atoms with Crippen LogP contribution < -0.4 is 5.73 Å². The zero-order chi connectivity index (χ0) is 14.2. The van der Waals surface area contributed by atoms with Crippen molar-refractivity contribution >= 4 is 0 Å². The van der Waals surface area contributed by atoms with Gasteiger partial charge in [-0.15, -0.1) is 0 Å². The van der Waals surface area contributed by atoms with Crippen LogP contribution in [-0.4, -0.2) is 15.1 Å². The highest BCUT2D eigenvalue weighted by Crippen LogP contribution is 2.37. The van der Waals surface area contributed by atoms with Crippen LogP contribution in [0.1, 0.15) is 38.4 Å². The van der Waals surface area contributed by atoms with Crippen molar-refractivity contribution < 1.29 is 8.91 Å². The molecule has 6 heteroatoms. The topological polar surface area (TPSA) is 77.8 Å². The number of pyridine rings is 1. The van der Waals surface area contributed by atoms with Gasteiger partial charge in [-0.2, -0.15) is 4.98 Å². The molecule has 0 spiro atoms. The van der Waals surface area contributed by atoms with Crippen LogP contribution in [0.5, 0.6) is 0 Å². The highest BCUT2D eigenvalue weighted by Gasteiger charge is 2.37. The van der Waals surface area contributed by atoms with E-state index in [2.05, 4.69) is 22.0 Å². The van der Waals surface area contributed by atoms with E-state index < -0.39 is 11.4 Å². The molecule has 0 radical (unpaired) electrons. The first-order chi connectivity index (χ1) is 9.58. The highest BCUT2D eigenvalue weighted by atomic mass is 19.1. The fraction of sp³-hybridized carbons (Fsp3) is 0.500. The summed E-state index contributed by atoms with van der Waals surface area (Å²) in [4.78, 5) is 8.00. The van der Waals surface area contributed by atoms with Crippen molar-refractivity contribution in [2.24, 2.45) is 11.7 Å². The van der Waals surface area contributed by atoms with E-state index in [1.807, 2.05) is 0 Å². The molecule has 0 bridgehead atoms. The Morgan fingerprint density at radius 1 is 1.50 bits per heavy atom. The third-order valence-electron chi connectivity index (χ3n) is 3.91. The van der Waals surface area contributed by atoms with Crippen molar-refractivity contribution in [3.8, 4) is 11.5 Å². The van der Waals surface area contributed by atoms with Crippen molar-refractivity contribution in [3.05, 3.63) is 30.1 Å². The number of rotatable bonds is 2. The Bertz CT molecular complexity index is 615. The number of aromatic nitrogens is 3. The largest absolute Gasteiger partial charge is 0.334 e. The fourth-order valence-electron chi connectivity index (χ4n) is 2.88. The molecular formula is C14H17FN4O. The van der Waals surface area contributed by atoms with Crippen LogP contribution in [0.25, 0.3) is 11.5 Å². The summed E-state index contributed by atoms with van der Waals surface area (Å²) in [7, 11) is 0. The molecule has 1 aliphatic carbocycles. The maximum atomic E-state index is 13.7. The van der Waals surface area contributed by atoms with Gasteiger partial charge in [0.15, 0.2) is 11.6 Å². The van der Waals surface area contributed by atoms with Crippen LogP contribution >= 0.6 is 0 Å². The summed E-state index contributed by atoms with van der Waals surface area (Å²) in [6.07, 6.45) is 6.48. The summed E-state index contributed by atoms with van der Waals surface area (Å²) in [6, 6.07) is 1.51. The van der Waals surface area contributed by atoms with Gasteiger partial charge in [0.2, 0.25) is 0 Å². The van der Waals surface area contributed by atoms with E-state index in [9.17, 15) is 4.39 Å². The summed E-state index contributed by atoms with van der Waals surface area (Å²) in [5.41, 5.74) is 6.10. The van der Waals surface area contributed by atoms with Crippen molar-refractivity contribution in [3.63, 3.8) is 0 Å². The van der Waals surface area contributed by atoms with Gasteiger partial charge in [0.1, 0.15) is 0 Å². The molecule has 0 saturated heterocycles. The Morgan fingerprint density at radius 2 is 2.35 bits per heavy atom. The maximum Gasteiger partial charge on any atom is 0.261 e. The first-order valence-electron chi connectivity index (χ1n) is 6.81. The quantitative estimate of drug-likeness (QED) is 0.912. The molecule has 2 aromatic heterocycles.